The van der Waals surface area contributed by atoms with Gasteiger partial charge >= 0.3 is 5.97 Å². The fraction of sp³-hybridized carbons (Fsp3) is 0.211. The summed E-state index contributed by atoms with van der Waals surface area (Å²) in [6.45, 7) is 0.799. The van der Waals surface area contributed by atoms with E-state index >= 15 is 0 Å². The van der Waals surface area contributed by atoms with Crippen LogP contribution in [0.4, 0.5) is 5.69 Å². The summed E-state index contributed by atoms with van der Waals surface area (Å²) in [5, 5.41) is 12.4. The van der Waals surface area contributed by atoms with Gasteiger partial charge in [0, 0.05) is 30.7 Å². The number of aliphatic carboxylic acids is 1. The predicted molar refractivity (Wildman–Crippen MR) is 92.9 cm³/mol. The number of carbonyl (C=O) groups is 2. The first kappa shape index (κ1) is 15.4. The number of nitrogens with one attached hydrogen (secondary N) is 1. The number of carbonyl (C=O) groups excluding carboxylic acids is 1. The van der Waals surface area contributed by atoms with E-state index in [0.717, 1.165) is 30.5 Å². The lowest BCUT2D eigenvalue weighted by Crippen LogP contribution is -2.44. The van der Waals surface area contributed by atoms with Crippen LogP contribution < -0.4 is 5.32 Å². The molecule has 3 heterocycles. The first-order chi connectivity index (χ1) is 12.1. The highest BCUT2D eigenvalue weighted by Crippen LogP contribution is 2.42. The maximum Gasteiger partial charge on any atom is 0.352 e. The number of amides is 1. The van der Waals surface area contributed by atoms with Gasteiger partial charge in [0.2, 0.25) is 0 Å². The SMILES string of the molecule is O=C(O)C1=C(c2cccc(NC(=O)c3cccnc3)c2)CC2CCN12. The van der Waals surface area contributed by atoms with Crippen LogP contribution in [0, 0.1) is 0 Å². The summed E-state index contributed by atoms with van der Waals surface area (Å²) in [6.07, 6.45) is 4.88. The van der Waals surface area contributed by atoms with E-state index in [1.807, 2.05) is 23.1 Å². The second-order valence-corrected chi connectivity index (χ2v) is 6.25. The van der Waals surface area contributed by atoms with Crippen LogP contribution >= 0.6 is 0 Å². The van der Waals surface area contributed by atoms with E-state index < -0.39 is 5.97 Å². The van der Waals surface area contributed by atoms with Crippen LogP contribution in [0.15, 0.2) is 54.5 Å². The first-order valence-electron chi connectivity index (χ1n) is 8.18. The molecule has 1 aromatic heterocycles. The molecule has 0 bridgehead atoms. The molecule has 0 spiro atoms. The zero-order valence-electron chi connectivity index (χ0n) is 13.5. The Hall–Kier alpha value is -3.15. The highest BCUT2D eigenvalue weighted by Gasteiger charge is 2.41. The summed E-state index contributed by atoms with van der Waals surface area (Å²) >= 11 is 0. The maximum absolute atomic E-state index is 12.3. The van der Waals surface area contributed by atoms with Crippen LogP contribution in [0.2, 0.25) is 0 Å². The average Bonchev–Trinajstić information content (AvgIpc) is 2.87. The van der Waals surface area contributed by atoms with E-state index in [2.05, 4.69) is 10.3 Å². The van der Waals surface area contributed by atoms with Crippen molar-refractivity contribution in [1.82, 2.24) is 9.88 Å². The number of aromatic nitrogens is 1. The normalized spacial score (nSPS) is 18.6. The van der Waals surface area contributed by atoms with Crippen molar-refractivity contribution in [2.45, 2.75) is 18.9 Å². The average molecular weight is 335 g/mol. The van der Waals surface area contributed by atoms with Crippen molar-refractivity contribution in [3.63, 3.8) is 0 Å². The van der Waals surface area contributed by atoms with Gasteiger partial charge in [0.15, 0.2) is 0 Å². The molecule has 1 fully saturated rings. The van der Waals surface area contributed by atoms with E-state index in [-0.39, 0.29) is 5.91 Å². The zero-order valence-corrected chi connectivity index (χ0v) is 13.5. The van der Waals surface area contributed by atoms with Gasteiger partial charge in [-0.05, 0) is 48.2 Å². The molecule has 1 amide bonds. The van der Waals surface area contributed by atoms with E-state index in [0.29, 0.717) is 23.0 Å². The van der Waals surface area contributed by atoms with Crippen LogP contribution in [0.3, 0.4) is 0 Å². The number of anilines is 1. The number of nitrogens with zero attached hydrogens (tertiary/aromatic N) is 2. The van der Waals surface area contributed by atoms with E-state index in [1.54, 1.807) is 24.4 Å². The van der Waals surface area contributed by atoms with Crippen molar-refractivity contribution in [2.75, 3.05) is 11.9 Å². The van der Waals surface area contributed by atoms with Gasteiger partial charge in [-0.3, -0.25) is 9.78 Å². The Morgan fingerprint density at radius 2 is 2.12 bits per heavy atom. The summed E-state index contributed by atoms with van der Waals surface area (Å²) in [4.78, 5) is 29.8. The van der Waals surface area contributed by atoms with Gasteiger partial charge in [-0.15, -0.1) is 0 Å². The topological polar surface area (TPSA) is 82.5 Å². The van der Waals surface area contributed by atoms with Crippen molar-refractivity contribution in [3.8, 4) is 0 Å². The highest BCUT2D eigenvalue weighted by molar-refractivity contribution is 6.04. The molecular weight excluding hydrogens is 318 g/mol. The quantitative estimate of drug-likeness (QED) is 0.897. The second-order valence-electron chi connectivity index (χ2n) is 6.25. The van der Waals surface area contributed by atoms with Gasteiger partial charge in [0.25, 0.3) is 5.91 Å². The Balaban J connectivity index is 1.62. The monoisotopic (exact) mass is 335 g/mol. The van der Waals surface area contributed by atoms with Crippen molar-refractivity contribution in [1.29, 1.82) is 0 Å². The molecule has 0 aliphatic carbocycles. The third-order valence-electron chi connectivity index (χ3n) is 4.75. The lowest BCUT2D eigenvalue weighted by molar-refractivity contribution is -0.135. The minimum Gasteiger partial charge on any atom is -0.477 e. The van der Waals surface area contributed by atoms with E-state index in [4.69, 9.17) is 0 Å². The number of benzene rings is 1. The molecule has 4 rings (SSSR count). The minimum atomic E-state index is -0.887. The molecule has 2 aliphatic rings. The molecule has 1 atom stereocenters. The Kier molecular flexibility index (Phi) is 3.72. The maximum atomic E-state index is 12.3. The Labute approximate surface area is 144 Å². The molecule has 6 heteroatoms. The third-order valence-corrected chi connectivity index (χ3v) is 4.75. The van der Waals surface area contributed by atoms with Crippen molar-refractivity contribution in [2.24, 2.45) is 0 Å². The van der Waals surface area contributed by atoms with E-state index in [9.17, 15) is 14.7 Å². The Morgan fingerprint density at radius 1 is 1.24 bits per heavy atom. The number of hydrogen-bond acceptors (Lipinski definition) is 4. The lowest BCUT2D eigenvalue weighted by atomic mass is 9.97. The molecule has 2 N–H and O–H groups in total. The molecule has 6 nitrogen and oxygen atoms in total. The molecule has 0 radical (unpaired) electrons. The van der Waals surface area contributed by atoms with Crippen LogP contribution in [0.1, 0.15) is 28.8 Å². The summed E-state index contributed by atoms with van der Waals surface area (Å²) in [7, 11) is 0. The highest BCUT2D eigenvalue weighted by atomic mass is 16.4. The van der Waals surface area contributed by atoms with Gasteiger partial charge in [-0.25, -0.2) is 4.79 Å². The number of fused-ring (bicyclic) bond motifs is 1. The van der Waals surface area contributed by atoms with Crippen molar-refractivity contribution in [3.05, 3.63) is 65.6 Å². The molecule has 2 aromatic rings. The van der Waals surface area contributed by atoms with Crippen LogP contribution in [-0.2, 0) is 4.79 Å². The molecule has 1 saturated heterocycles. The largest absolute Gasteiger partial charge is 0.477 e. The molecule has 126 valence electrons. The van der Waals surface area contributed by atoms with Crippen LogP contribution in [0.25, 0.3) is 5.57 Å². The van der Waals surface area contributed by atoms with Crippen LogP contribution in [0.5, 0.6) is 0 Å². The smallest absolute Gasteiger partial charge is 0.352 e. The number of pyridine rings is 1. The first-order valence-corrected chi connectivity index (χ1v) is 8.18. The van der Waals surface area contributed by atoms with Crippen molar-refractivity contribution >= 4 is 23.1 Å². The minimum absolute atomic E-state index is 0.243. The molecule has 1 unspecified atom stereocenters. The van der Waals surface area contributed by atoms with Gasteiger partial charge in [0.05, 0.1) is 5.56 Å². The van der Waals surface area contributed by atoms with Crippen LogP contribution in [-0.4, -0.2) is 39.5 Å². The van der Waals surface area contributed by atoms with Gasteiger partial charge in [-0.1, -0.05) is 12.1 Å². The molecule has 0 saturated carbocycles. The zero-order chi connectivity index (χ0) is 17.4. The number of rotatable bonds is 4. The lowest BCUT2D eigenvalue weighted by Gasteiger charge is -2.37. The van der Waals surface area contributed by atoms with Gasteiger partial charge in [-0.2, -0.15) is 0 Å². The van der Waals surface area contributed by atoms with E-state index in [1.165, 1.54) is 6.20 Å². The second kappa shape index (κ2) is 6.05. The summed E-state index contributed by atoms with van der Waals surface area (Å²) < 4.78 is 0. The molecule has 1 aromatic carbocycles. The number of carboxylic acids is 1. The standard InChI is InChI=1S/C19H17N3O3/c23-18(13-4-2-7-20-11-13)21-14-5-1-3-12(9-14)16-10-15-6-8-22(15)17(16)19(24)25/h1-5,7,9,11,15H,6,8,10H2,(H,21,23)(H,24,25). The number of carboxylic acid groups (broad SMARTS) is 1. The number of hydrogen-bond donors (Lipinski definition) is 2. The third kappa shape index (κ3) is 2.76. The van der Waals surface area contributed by atoms with Crippen molar-refractivity contribution < 1.29 is 14.7 Å². The summed E-state index contributed by atoms with van der Waals surface area (Å²) in [6, 6.07) is 11.0. The fourth-order valence-electron chi connectivity index (χ4n) is 3.44. The van der Waals surface area contributed by atoms with Gasteiger partial charge < -0.3 is 15.3 Å². The summed E-state index contributed by atoms with van der Waals surface area (Å²) in [5.41, 5.74) is 3.19. The Bertz CT molecular complexity index is 876. The summed E-state index contributed by atoms with van der Waals surface area (Å²) in [5.74, 6) is -1.13. The Morgan fingerprint density at radius 3 is 2.80 bits per heavy atom. The molecule has 25 heavy (non-hydrogen) atoms. The predicted octanol–water partition coefficient (Wildman–Crippen LogP) is 2.61. The van der Waals surface area contributed by atoms with Gasteiger partial charge in [0.1, 0.15) is 5.70 Å². The molecule has 2 aliphatic heterocycles. The molecular formula is C19H17N3O3. The fourth-order valence-corrected chi connectivity index (χ4v) is 3.44.